The zero-order valence-electron chi connectivity index (χ0n) is 9.92. The Morgan fingerprint density at radius 3 is 2.07 bits per heavy atom. The van der Waals surface area contributed by atoms with Gasteiger partial charge in [0.1, 0.15) is 11.6 Å². The van der Waals surface area contributed by atoms with E-state index in [1.165, 1.54) is 0 Å². The summed E-state index contributed by atoms with van der Waals surface area (Å²) in [7, 11) is 0. The molecule has 1 aliphatic rings. The van der Waals surface area contributed by atoms with Crippen LogP contribution in [-0.2, 0) is 9.59 Å². The lowest BCUT2D eigenvalue weighted by Gasteiger charge is -2.25. The Balaban J connectivity index is 2.49. The molecule has 86 valence electrons. The summed E-state index contributed by atoms with van der Waals surface area (Å²) in [5, 5.41) is 0. The number of rotatable bonds is 5. The van der Waals surface area contributed by atoms with Crippen molar-refractivity contribution >= 4 is 11.6 Å². The van der Waals surface area contributed by atoms with Gasteiger partial charge in [0.25, 0.3) is 0 Å². The average molecular weight is 210 g/mol. The van der Waals surface area contributed by atoms with Crippen LogP contribution < -0.4 is 0 Å². The highest BCUT2D eigenvalue weighted by molar-refractivity contribution is 6.04. The molecule has 0 bridgehead atoms. The summed E-state index contributed by atoms with van der Waals surface area (Å²) < 4.78 is 0. The van der Waals surface area contributed by atoms with Crippen molar-refractivity contribution in [1.82, 2.24) is 0 Å². The van der Waals surface area contributed by atoms with E-state index in [9.17, 15) is 9.59 Å². The van der Waals surface area contributed by atoms with Gasteiger partial charge in [0.15, 0.2) is 0 Å². The molecule has 15 heavy (non-hydrogen) atoms. The molecule has 0 aliphatic heterocycles. The number of carbonyl (C=O) groups excluding carboxylic acids is 2. The summed E-state index contributed by atoms with van der Waals surface area (Å²) in [4.78, 5) is 23.5. The SMILES string of the molecule is CCCCC1C(=O)CC(CCC)CC1=O. The monoisotopic (exact) mass is 210 g/mol. The van der Waals surface area contributed by atoms with Gasteiger partial charge in [-0.25, -0.2) is 0 Å². The maximum atomic E-state index is 11.8. The van der Waals surface area contributed by atoms with E-state index in [4.69, 9.17) is 0 Å². The van der Waals surface area contributed by atoms with Gasteiger partial charge in [0.2, 0.25) is 0 Å². The van der Waals surface area contributed by atoms with Crippen LogP contribution in [0.15, 0.2) is 0 Å². The Morgan fingerprint density at radius 1 is 1.00 bits per heavy atom. The van der Waals surface area contributed by atoms with Crippen molar-refractivity contribution in [2.24, 2.45) is 11.8 Å². The van der Waals surface area contributed by atoms with E-state index in [0.29, 0.717) is 18.8 Å². The molecule has 1 saturated carbocycles. The lowest BCUT2D eigenvalue weighted by Crippen LogP contribution is -2.33. The molecule has 0 spiro atoms. The van der Waals surface area contributed by atoms with Gasteiger partial charge in [-0.05, 0) is 18.8 Å². The summed E-state index contributed by atoms with van der Waals surface area (Å²) in [5.41, 5.74) is 0. The topological polar surface area (TPSA) is 34.1 Å². The van der Waals surface area contributed by atoms with Crippen LogP contribution >= 0.6 is 0 Å². The summed E-state index contributed by atoms with van der Waals surface area (Å²) in [6.45, 7) is 4.20. The zero-order chi connectivity index (χ0) is 11.3. The number of Topliss-reactive ketones (excluding diaryl/α,β-unsaturated/α-hetero) is 2. The maximum absolute atomic E-state index is 11.8. The van der Waals surface area contributed by atoms with E-state index >= 15 is 0 Å². The minimum atomic E-state index is -0.252. The van der Waals surface area contributed by atoms with Gasteiger partial charge in [0, 0.05) is 12.8 Å². The van der Waals surface area contributed by atoms with Gasteiger partial charge in [-0.1, -0.05) is 33.1 Å². The first-order chi connectivity index (χ1) is 7.19. The fourth-order valence-electron chi connectivity index (χ4n) is 2.45. The highest BCUT2D eigenvalue weighted by Gasteiger charge is 2.33. The van der Waals surface area contributed by atoms with Crippen LogP contribution in [0.2, 0.25) is 0 Å². The molecule has 1 fully saturated rings. The molecule has 0 amide bonds. The second-order valence-electron chi connectivity index (χ2n) is 4.69. The van der Waals surface area contributed by atoms with E-state index in [1.54, 1.807) is 0 Å². The Bertz CT molecular complexity index is 215. The Labute approximate surface area is 92.4 Å². The molecule has 0 heterocycles. The first kappa shape index (κ1) is 12.4. The van der Waals surface area contributed by atoms with Gasteiger partial charge < -0.3 is 0 Å². The minimum absolute atomic E-state index is 0.207. The van der Waals surface area contributed by atoms with Crippen molar-refractivity contribution in [1.29, 1.82) is 0 Å². The third kappa shape index (κ3) is 3.44. The molecule has 1 aliphatic carbocycles. The van der Waals surface area contributed by atoms with Gasteiger partial charge in [-0.2, -0.15) is 0 Å². The largest absolute Gasteiger partial charge is 0.299 e. The average Bonchev–Trinajstić information content (AvgIpc) is 2.17. The molecule has 0 saturated heterocycles. The molecular formula is C13H22O2. The predicted octanol–water partition coefficient (Wildman–Crippen LogP) is 3.14. The third-order valence-corrected chi connectivity index (χ3v) is 3.30. The molecule has 0 N–H and O–H groups in total. The molecule has 0 aromatic rings. The van der Waals surface area contributed by atoms with Gasteiger partial charge in [0.05, 0.1) is 5.92 Å². The second-order valence-corrected chi connectivity index (χ2v) is 4.69. The van der Waals surface area contributed by atoms with Crippen molar-refractivity contribution in [3.63, 3.8) is 0 Å². The number of ketones is 2. The van der Waals surface area contributed by atoms with Crippen LogP contribution in [0.1, 0.15) is 58.8 Å². The lowest BCUT2D eigenvalue weighted by molar-refractivity contribution is -0.137. The van der Waals surface area contributed by atoms with Gasteiger partial charge in [-0.15, -0.1) is 0 Å². The van der Waals surface area contributed by atoms with Crippen LogP contribution in [0.3, 0.4) is 0 Å². The lowest BCUT2D eigenvalue weighted by atomic mass is 9.76. The van der Waals surface area contributed by atoms with E-state index < -0.39 is 0 Å². The smallest absolute Gasteiger partial charge is 0.143 e. The molecule has 0 radical (unpaired) electrons. The number of carbonyl (C=O) groups is 2. The van der Waals surface area contributed by atoms with E-state index in [-0.39, 0.29) is 17.5 Å². The van der Waals surface area contributed by atoms with Crippen LogP contribution in [0.25, 0.3) is 0 Å². The molecule has 0 atom stereocenters. The highest BCUT2D eigenvalue weighted by atomic mass is 16.2. The fourth-order valence-corrected chi connectivity index (χ4v) is 2.45. The summed E-state index contributed by atoms with van der Waals surface area (Å²) in [6.07, 6.45) is 6.24. The summed E-state index contributed by atoms with van der Waals surface area (Å²) in [5.74, 6) is 0.502. The van der Waals surface area contributed by atoms with Crippen LogP contribution in [-0.4, -0.2) is 11.6 Å². The van der Waals surface area contributed by atoms with Crippen molar-refractivity contribution in [3.05, 3.63) is 0 Å². The minimum Gasteiger partial charge on any atom is -0.299 e. The first-order valence-electron chi connectivity index (χ1n) is 6.24. The molecule has 2 nitrogen and oxygen atoms in total. The molecule has 1 rings (SSSR count). The number of hydrogen-bond acceptors (Lipinski definition) is 2. The Hall–Kier alpha value is -0.660. The molecule has 0 unspecified atom stereocenters. The van der Waals surface area contributed by atoms with Crippen molar-refractivity contribution in [3.8, 4) is 0 Å². The maximum Gasteiger partial charge on any atom is 0.143 e. The molecule has 2 heteroatoms. The standard InChI is InChI=1S/C13H22O2/c1-3-5-7-11-12(14)8-10(6-4-2)9-13(11)15/h10-11H,3-9H2,1-2H3. The Kier molecular flexibility index (Phi) is 5.00. The van der Waals surface area contributed by atoms with Crippen molar-refractivity contribution < 1.29 is 9.59 Å². The molecule has 0 aromatic heterocycles. The number of hydrogen-bond donors (Lipinski definition) is 0. The quantitative estimate of drug-likeness (QED) is 0.653. The van der Waals surface area contributed by atoms with Crippen molar-refractivity contribution in [2.45, 2.75) is 58.8 Å². The van der Waals surface area contributed by atoms with E-state index in [1.807, 2.05) is 0 Å². The zero-order valence-corrected chi connectivity index (χ0v) is 9.92. The Morgan fingerprint density at radius 2 is 1.60 bits per heavy atom. The van der Waals surface area contributed by atoms with Gasteiger partial charge in [-0.3, -0.25) is 9.59 Å². The van der Waals surface area contributed by atoms with Crippen molar-refractivity contribution in [2.75, 3.05) is 0 Å². The van der Waals surface area contributed by atoms with Gasteiger partial charge >= 0.3 is 0 Å². The number of unbranched alkanes of at least 4 members (excludes halogenated alkanes) is 1. The van der Waals surface area contributed by atoms with Crippen LogP contribution in [0.5, 0.6) is 0 Å². The van der Waals surface area contributed by atoms with Crippen LogP contribution in [0.4, 0.5) is 0 Å². The third-order valence-electron chi connectivity index (χ3n) is 3.30. The molecular weight excluding hydrogens is 188 g/mol. The summed E-state index contributed by atoms with van der Waals surface area (Å²) >= 11 is 0. The first-order valence-corrected chi connectivity index (χ1v) is 6.24. The predicted molar refractivity (Wildman–Crippen MR) is 60.7 cm³/mol. The normalized spacial score (nSPS) is 27.1. The highest BCUT2D eigenvalue weighted by Crippen LogP contribution is 2.29. The summed E-state index contributed by atoms with van der Waals surface area (Å²) in [6, 6.07) is 0. The van der Waals surface area contributed by atoms with Crippen LogP contribution in [0, 0.1) is 11.8 Å². The fraction of sp³-hybridized carbons (Fsp3) is 0.846. The second kappa shape index (κ2) is 6.04. The van der Waals surface area contributed by atoms with E-state index in [0.717, 1.165) is 32.1 Å². The molecule has 0 aromatic carbocycles. The van der Waals surface area contributed by atoms with E-state index in [2.05, 4.69) is 13.8 Å².